The van der Waals surface area contributed by atoms with Crippen LogP contribution in [0.4, 0.5) is 10.1 Å². The number of sulfonamides is 1. The number of rotatable bonds is 3. The molecular weight excluding hydrogens is 324 g/mol. The Kier molecular flexibility index (Phi) is 4.22. The van der Waals surface area contributed by atoms with Gasteiger partial charge < -0.3 is 0 Å². The van der Waals surface area contributed by atoms with Gasteiger partial charge in [0.1, 0.15) is 5.82 Å². The Morgan fingerprint density at radius 1 is 1.05 bits per heavy atom. The molecule has 1 N–H and O–H groups in total. The summed E-state index contributed by atoms with van der Waals surface area (Å²) in [5.74, 6) is -0.431. The molecule has 3 nitrogen and oxygen atoms in total. The van der Waals surface area contributed by atoms with Crippen LogP contribution in [-0.2, 0) is 10.0 Å². The average molecular weight is 334 g/mol. The van der Waals surface area contributed by atoms with Crippen molar-refractivity contribution in [1.29, 1.82) is 0 Å². The van der Waals surface area contributed by atoms with E-state index in [-0.39, 0.29) is 14.9 Å². The van der Waals surface area contributed by atoms with Crippen molar-refractivity contribution >= 4 is 38.9 Å². The quantitative estimate of drug-likeness (QED) is 0.912. The lowest BCUT2D eigenvalue weighted by Gasteiger charge is -2.11. The van der Waals surface area contributed by atoms with Crippen molar-refractivity contribution in [3.05, 3.63) is 57.8 Å². The number of halogens is 3. The predicted molar refractivity (Wildman–Crippen MR) is 78.4 cm³/mol. The van der Waals surface area contributed by atoms with Gasteiger partial charge in [-0.3, -0.25) is 4.72 Å². The highest BCUT2D eigenvalue weighted by atomic mass is 35.5. The van der Waals surface area contributed by atoms with Crippen molar-refractivity contribution in [2.75, 3.05) is 4.72 Å². The van der Waals surface area contributed by atoms with E-state index in [0.29, 0.717) is 11.3 Å². The molecule has 0 aliphatic rings. The minimum Gasteiger partial charge on any atom is -0.279 e. The van der Waals surface area contributed by atoms with Gasteiger partial charge in [-0.05, 0) is 48.9 Å². The zero-order chi connectivity index (χ0) is 14.9. The Morgan fingerprint density at radius 3 is 2.35 bits per heavy atom. The van der Waals surface area contributed by atoms with Crippen molar-refractivity contribution < 1.29 is 12.8 Å². The van der Waals surface area contributed by atoms with Gasteiger partial charge in [0.05, 0.1) is 20.6 Å². The zero-order valence-corrected chi connectivity index (χ0v) is 12.7. The molecule has 0 saturated heterocycles. The first-order valence-electron chi connectivity index (χ1n) is 5.53. The van der Waals surface area contributed by atoms with Crippen LogP contribution in [0.25, 0.3) is 0 Å². The van der Waals surface area contributed by atoms with Crippen LogP contribution < -0.4 is 4.72 Å². The SMILES string of the molecule is Cc1cc(F)ccc1NS(=O)(=O)c1ccc(Cl)c(Cl)c1. The van der Waals surface area contributed by atoms with Crippen molar-refractivity contribution in [1.82, 2.24) is 0 Å². The number of hydrogen-bond donors (Lipinski definition) is 1. The highest BCUT2D eigenvalue weighted by molar-refractivity contribution is 7.92. The summed E-state index contributed by atoms with van der Waals surface area (Å²) in [6, 6.07) is 7.78. The fourth-order valence-electron chi connectivity index (χ4n) is 1.59. The molecule has 0 aromatic heterocycles. The third-order valence-corrected chi connectivity index (χ3v) is 4.74. The van der Waals surface area contributed by atoms with E-state index in [4.69, 9.17) is 23.2 Å². The summed E-state index contributed by atoms with van der Waals surface area (Å²) in [4.78, 5) is -0.0179. The summed E-state index contributed by atoms with van der Waals surface area (Å²) in [6.45, 7) is 1.61. The molecule has 20 heavy (non-hydrogen) atoms. The Balaban J connectivity index is 2.38. The lowest BCUT2D eigenvalue weighted by atomic mass is 10.2. The summed E-state index contributed by atoms with van der Waals surface area (Å²) >= 11 is 11.5. The largest absolute Gasteiger partial charge is 0.279 e. The maximum Gasteiger partial charge on any atom is 0.261 e. The van der Waals surface area contributed by atoms with E-state index in [2.05, 4.69) is 4.72 Å². The van der Waals surface area contributed by atoms with E-state index < -0.39 is 15.8 Å². The molecule has 0 aliphatic carbocycles. The smallest absolute Gasteiger partial charge is 0.261 e. The second kappa shape index (κ2) is 5.60. The topological polar surface area (TPSA) is 46.2 Å². The molecule has 0 bridgehead atoms. The molecule has 0 saturated carbocycles. The van der Waals surface area contributed by atoms with Crippen LogP contribution in [-0.4, -0.2) is 8.42 Å². The first-order chi connectivity index (χ1) is 9.29. The number of aryl methyl sites for hydroxylation is 1. The summed E-state index contributed by atoms with van der Waals surface area (Å²) in [5, 5.41) is 0.411. The summed E-state index contributed by atoms with van der Waals surface area (Å²) in [7, 11) is -3.80. The maximum atomic E-state index is 13.0. The molecule has 0 amide bonds. The van der Waals surface area contributed by atoms with Gasteiger partial charge in [-0.25, -0.2) is 12.8 Å². The summed E-state index contributed by atoms with van der Waals surface area (Å²) < 4.78 is 39.8. The van der Waals surface area contributed by atoms with E-state index in [0.717, 1.165) is 0 Å². The molecule has 0 fully saturated rings. The van der Waals surface area contributed by atoms with Crippen molar-refractivity contribution in [3.63, 3.8) is 0 Å². The Labute approximate surface area is 126 Å². The van der Waals surface area contributed by atoms with E-state index >= 15 is 0 Å². The van der Waals surface area contributed by atoms with Gasteiger partial charge in [0.15, 0.2) is 0 Å². The maximum absolute atomic E-state index is 13.0. The molecular formula is C13H10Cl2FNO2S. The molecule has 0 radical (unpaired) electrons. The van der Waals surface area contributed by atoms with Crippen molar-refractivity contribution in [2.45, 2.75) is 11.8 Å². The van der Waals surface area contributed by atoms with Crippen LogP contribution >= 0.6 is 23.2 Å². The Morgan fingerprint density at radius 2 is 1.75 bits per heavy atom. The molecule has 0 unspecified atom stereocenters. The monoisotopic (exact) mass is 333 g/mol. The fourth-order valence-corrected chi connectivity index (χ4v) is 3.11. The van der Waals surface area contributed by atoms with E-state index in [1.54, 1.807) is 6.92 Å². The highest BCUT2D eigenvalue weighted by Gasteiger charge is 2.16. The second-order valence-electron chi connectivity index (χ2n) is 4.14. The first kappa shape index (κ1) is 15.1. The third-order valence-electron chi connectivity index (χ3n) is 2.63. The lowest BCUT2D eigenvalue weighted by molar-refractivity contribution is 0.601. The number of nitrogens with one attached hydrogen (secondary N) is 1. The van der Waals surface area contributed by atoms with E-state index in [1.165, 1.54) is 36.4 Å². The molecule has 0 atom stereocenters. The van der Waals surface area contributed by atoms with Gasteiger partial charge >= 0.3 is 0 Å². The van der Waals surface area contributed by atoms with Crippen LogP contribution in [0.15, 0.2) is 41.3 Å². The van der Waals surface area contributed by atoms with Gasteiger partial charge in [-0.15, -0.1) is 0 Å². The summed E-state index contributed by atoms with van der Waals surface area (Å²) in [6.07, 6.45) is 0. The van der Waals surface area contributed by atoms with Crippen molar-refractivity contribution in [2.24, 2.45) is 0 Å². The van der Waals surface area contributed by atoms with Crippen molar-refractivity contribution in [3.8, 4) is 0 Å². The Hall–Kier alpha value is -1.30. The molecule has 0 aliphatic heterocycles. The minimum absolute atomic E-state index is 0.0179. The van der Waals surface area contributed by atoms with Crippen LogP contribution in [0.2, 0.25) is 10.0 Å². The Bertz CT molecular complexity index is 763. The third kappa shape index (κ3) is 3.23. The molecule has 2 rings (SSSR count). The number of hydrogen-bond acceptors (Lipinski definition) is 2. The van der Waals surface area contributed by atoms with Gasteiger partial charge in [-0.1, -0.05) is 23.2 Å². The molecule has 106 valence electrons. The molecule has 7 heteroatoms. The average Bonchev–Trinajstić information content (AvgIpc) is 2.36. The molecule has 2 aromatic carbocycles. The van der Waals surface area contributed by atoms with E-state index in [9.17, 15) is 12.8 Å². The lowest BCUT2D eigenvalue weighted by Crippen LogP contribution is -2.13. The fraction of sp³-hybridized carbons (Fsp3) is 0.0769. The zero-order valence-electron chi connectivity index (χ0n) is 10.3. The van der Waals surface area contributed by atoms with Crippen LogP contribution in [0.3, 0.4) is 0 Å². The van der Waals surface area contributed by atoms with Gasteiger partial charge in [0.25, 0.3) is 10.0 Å². The molecule has 2 aromatic rings. The minimum atomic E-state index is -3.80. The van der Waals surface area contributed by atoms with Crippen LogP contribution in [0.1, 0.15) is 5.56 Å². The standard InChI is InChI=1S/C13H10Cl2FNO2S/c1-8-6-9(16)2-5-13(8)17-20(18,19)10-3-4-11(14)12(15)7-10/h2-7,17H,1H3. The van der Waals surface area contributed by atoms with Gasteiger partial charge in [0, 0.05) is 0 Å². The van der Waals surface area contributed by atoms with Crippen LogP contribution in [0.5, 0.6) is 0 Å². The van der Waals surface area contributed by atoms with E-state index in [1.807, 2.05) is 0 Å². The van der Waals surface area contributed by atoms with Gasteiger partial charge in [-0.2, -0.15) is 0 Å². The van der Waals surface area contributed by atoms with Crippen LogP contribution in [0, 0.1) is 12.7 Å². The first-order valence-corrected chi connectivity index (χ1v) is 7.77. The summed E-state index contributed by atoms with van der Waals surface area (Å²) in [5.41, 5.74) is 0.783. The number of anilines is 1. The number of benzene rings is 2. The van der Waals surface area contributed by atoms with Gasteiger partial charge in [0.2, 0.25) is 0 Å². The molecule has 0 spiro atoms. The molecule has 0 heterocycles. The normalized spacial score (nSPS) is 11.4. The second-order valence-corrected chi connectivity index (χ2v) is 6.64. The predicted octanol–water partition coefficient (Wildman–Crippen LogP) is 4.24. The highest BCUT2D eigenvalue weighted by Crippen LogP contribution is 2.26.